The SMILES string of the molecule is CC(=O)/C(C(=O)NC1(C)CC2CC(C)CC(C2)C1)=C(/N)C(Cl)(Cl)Cl. The Balaban J connectivity index is 2.20. The van der Waals surface area contributed by atoms with Gasteiger partial charge in [-0.05, 0) is 63.7 Å². The van der Waals surface area contributed by atoms with Crippen molar-refractivity contribution in [3.8, 4) is 0 Å². The largest absolute Gasteiger partial charge is 0.398 e. The molecule has 2 bridgehead atoms. The van der Waals surface area contributed by atoms with Gasteiger partial charge in [-0.3, -0.25) is 9.59 Å². The van der Waals surface area contributed by atoms with E-state index in [4.69, 9.17) is 40.5 Å². The third-order valence-electron chi connectivity index (χ3n) is 5.19. The van der Waals surface area contributed by atoms with Crippen LogP contribution in [0.3, 0.4) is 0 Å². The molecule has 2 unspecified atom stereocenters. The Hall–Kier alpha value is -0.450. The Kier molecular flexibility index (Phi) is 5.83. The van der Waals surface area contributed by atoms with E-state index < -0.39 is 15.5 Å². The van der Waals surface area contributed by atoms with Crippen LogP contribution < -0.4 is 11.1 Å². The molecule has 2 fully saturated rings. The fourth-order valence-electron chi connectivity index (χ4n) is 4.64. The first-order valence-corrected chi connectivity index (χ1v) is 9.45. The zero-order valence-electron chi connectivity index (χ0n) is 14.3. The second-order valence-corrected chi connectivity index (χ2v) is 10.1. The Morgan fingerprint density at radius 1 is 1.12 bits per heavy atom. The summed E-state index contributed by atoms with van der Waals surface area (Å²) in [7, 11) is 0. The van der Waals surface area contributed by atoms with Gasteiger partial charge < -0.3 is 11.1 Å². The predicted octanol–water partition coefficient (Wildman–Crippen LogP) is 3.88. The van der Waals surface area contributed by atoms with E-state index in [0.717, 1.165) is 18.8 Å². The van der Waals surface area contributed by atoms with Crippen LogP contribution in [-0.4, -0.2) is 21.0 Å². The minimum absolute atomic E-state index is 0.264. The van der Waals surface area contributed by atoms with Crippen molar-refractivity contribution in [2.24, 2.45) is 23.5 Å². The van der Waals surface area contributed by atoms with E-state index in [1.807, 2.05) is 6.92 Å². The second-order valence-electron chi connectivity index (χ2n) is 7.81. The molecule has 2 aliphatic rings. The van der Waals surface area contributed by atoms with Crippen molar-refractivity contribution < 1.29 is 9.59 Å². The molecule has 136 valence electrons. The smallest absolute Gasteiger partial charge is 0.257 e. The van der Waals surface area contributed by atoms with Crippen LogP contribution in [0.1, 0.15) is 52.9 Å². The summed E-state index contributed by atoms with van der Waals surface area (Å²) in [4.78, 5) is 24.6. The molecule has 0 aromatic heterocycles. The fourth-order valence-corrected chi connectivity index (χ4v) is 4.92. The molecule has 2 saturated carbocycles. The topological polar surface area (TPSA) is 72.2 Å². The van der Waals surface area contributed by atoms with Crippen LogP contribution in [0.15, 0.2) is 11.3 Å². The number of hydrogen-bond donors (Lipinski definition) is 2. The number of carbonyl (C=O) groups excluding carboxylic acids is 2. The number of allylic oxidation sites excluding steroid dienone is 1. The van der Waals surface area contributed by atoms with Crippen molar-refractivity contribution in [3.63, 3.8) is 0 Å². The molecular formula is C17H25Cl3N2O2. The lowest BCUT2D eigenvalue weighted by Crippen LogP contribution is -2.53. The number of carbonyl (C=O) groups is 2. The normalized spacial score (nSPS) is 34.3. The summed E-state index contributed by atoms with van der Waals surface area (Å²) in [6, 6.07) is 0. The molecule has 0 saturated heterocycles. The average molecular weight is 396 g/mol. The number of halogens is 3. The van der Waals surface area contributed by atoms with Crippen LogP contribution in [0.5, 0.6) is 0 Å². The lowest BCUT2D eigenvalue weighted by molar-refractivity contribution is -0.123. The van der Waals surface area contributed by atoms with Crippen molar-refractivity contribution in [1.82, 2.24) is 5.32 Å². The maximum atomic E-state index is 12.7. The molecule has 0 spiro atoms. The minimum atomic E-state index is -1.99. The number of alkyl halides is 3. The molecule has 2 atom stereocenters. The van der Waals surface area contributed by atoms with Crippen molar-refractivity contribution >= 4 is 46.5 Å². The molecule has 0 aromatic carbocycles. The standard InChI is InChI=1S/C17H25Cl3N2O2/c1-9-4-11-6-12(5-9)8-16(3,7-11)22-15(24)13(10(2)23)14(21)17(18,19)20/h9,11-12H,4-8,21H2,1-3H3,(H,22,24)/b14-13-. The number of fused-ring (bicyclic) bond motifs is 2. The van der Waals surface area contributed by atoms with Gasteiger partial charge in [0.25, 0.3) is 5.91 Å². The molecular weight excluding hydrogens is 371 g/mol. The molecule has 4 nitrogen and oxygen atoms in total. The van der Waals surface area contributed by atoms with Crippen LogP contribution in [0.4, 0.5) is 0 Å². The van der Waals surface area contributed by atoms with Gasteiger partial charge in [-0.1, -0.05) is 41.7 Å². The van der Waals surface area contributed by atoms with Gasteiger partial charge in [0.05, 0.1) is 5.70 Å². The van der Waals surface area contributed by atoms with E-state index in [9.17, 15) is 9.59 Å². The van der Waals surface area contributed by atoms with E-state index in [-0.39, 0.29) is 16.8 Å². The second kappa shape index (κ2) is 7.05. The highest BCUT2D eigenvalue weighted by Gasteiger charge is 2.43. The maximum Gasteiger partial charge on any atom is 0.257 e. The van der Waals surface area contributed by atoms with Crippen LogP contribution in [-0.2, 0) is 9.59 Å². The Morgan fingerprint density at radius 2 is 1.62 bits per heavy atom. The first kappa shape index (κ1) is 19.9. The van der Waals surface area contributed by atoms with Gasteiger partial charge in [0.15, 0.2) is 5.78 Å². The van der Waals surface area contributed by atoms with Crippen molar-refractivity contribution in [2.45, 2.75) is 62.2 Å². The van der Waals surface area contributed by atoms with Crippen molar-refractivity contribution in [3.05, 3.63) is 11.3 Å². The van der Waals surface area contributed by atoms with Gasteiger partial charge in [0, 0.05) is 5.54 Å². The van der Waals surface area contributed by atoms with E-state index >= 15 is 0 Å². The molecule has 3 N–H and O–H groups in total. The highest BCUT2D eigenvalue weighted by molar-refractivity contribution is 6.69. The first-order valence-electron chi connectivity index (χ1n) is 8.31. The monoisotopic (exact) mass is 394 g/mol. The van der Waals surface area contributed by atoms with Crippen LogP contribution in [0.25, 0.3) is 0 Å². The van der Waals surface area contributed by atoms with Gasteiger partial charge in [-0.25, -0.2) is 0 Å². The first-order chi connectivity index (χ1) is 10.9. The summed E-state index contributed by atoms with van der Waals surface area (Å²) in [6.07, 6.45) is 5.40. The highest BCUT2D eigenvalue weighted by atomic mass is 35.6. The number of nitrogens with two attached hydrogens (primary N) is 1. The molecule has 1 amide bonds. The third-order valence-corrected chi connectivity index (χ3v) is 5.80. The van der Waals surface area contributed by atoms with Crippen LogP contribution in [0, 0.1) is 17.8 Å². The molecule has 2 aliphatic carbocycles. The number of rotatable bonds is 3. The number of Topliss-reactive ketones (excluding diaryl/α,β-unsaturated/α-hetero) is 1. The van der Waals surface area contributed by atoms with E-state index in [1.54, 1.807) is 0 Å². The Labute approximate surface area is 158 Å². The summed E-state index contributed by atoms with van der Waals surface area (Å²) in [6.45, 7) is 5.57. The molecule has 2 rings (SSSR count). The number of nitrogens with one attached hydrogen (secondary N) is 1. The quantitative estimate of drug-likeness (QED) is 0.330. The Bertz CT molecular complexity index is 551. The molecule has 24 heavy (non-hydrogen) atoms. The summed E-state index contributed by atoms with van der Waals surface area (Å²) < 4.78 is -1.99. The molecule has 0 aliphatic heterocycles. The highest BCUT2D eigenvalue weighted by Crippen LogP contribution is 2.46. The lowest BCUT2D eigenvalue weighted by atomic mass is 9.62. The summed E-state index contributed by atoms with van der Waals surface area (Å²) in [5, 5.41) is 3.00. The van der Waals surface area contributed by atoms with Gasteiger partial charge in [-0.15, -0.1) is 0 Å². The molecule has 0 radical (unpaired) electrons. The van der Waals surface area contributed by atoms with Gasteiger partial charge >= 0.3 is 0 Å². The van der Waals surface area contributed by atoms with Crippen molar-refractivity contribution in [2.75, 3.05) is 0 Å². The molecule has 0 aromatic rings. The maximum absolute atomic E-state index is 12.7. The average Bonchev–Trinajstić information content (AvgIpc) is 2.33. The summed E-state index contributed by atoms with van der Waals surface area (Å²) in [5.41, 5.74) is 4.80. The van der Waals surface area contributed by atoms with Gasteiger partial charge in [-0.2, -0.15) is 0 Å². The zero-order chi connectivity index (χ0) is 18.3. The zero-order valence-corrected chi connectivity index (χ0v) is 16.6. The van der Waals surface area contributed by atoms with Crippen molar-refractivity contribution in [1.29, 1.82) is 0 Å². The fraction of sp³-hybridized carbons (Fsp3) is 0.765. The van der Waals surface area contributed by atoms with E-state index in [1.165, 1.54) is 26.2 Å². The van der Waals surface area contributed by atoms with Gasteiger partial charge in [0.1, 0.15) is 5.57 Å². The number of hydrogen-bond acceptors (Lipinski definition) is 3. The van der Waals surface area contributed by atoms with Gasteiger partial charge in [0.2, 0.25) is 3.79 Å². The third kappa shape index (κ3) is 4.59. The minimum Gasteiger partial charge on any atom is -0.398 e. The van der Waals surface area contributed by atoms with E-state index in [2.05, 4.69) is 12.2 Å². The number of ketones is 1. The molecule has 0 heterocycles. The predicted molar refractivity (Wildman–Crippen MR) is 98.0 cm³/mol. The lowest BCUT2D eigenvalue weighted by Gasteiger charge is -2.47. The van der Waals surface area contributed by atoms with Crippen LogP contribution in [0.2, 0.25) is 0 Å². The molecule has 7 heteroatoms. The summed E-state index contributed by atoms with van der Waals surface area (Å²) >= 11 is 17.3. The van der Waals surface area contributed by atoms with E-state index in [0.29, 0.717) is 11.8 Å². The number of amides is 1. The van der Waals surface area contributed by atoms with Crippen LogP contribution >= 0.6 is 34.8 Å². The Morgan fingerprint density at radius 3 is 2.04 bits per heavy atom. The summed E-state index contributed by atoms with van der Waals surface area (Å²) in [5.74, 6) is 0.884.